The van der Waals surface area contributed by atoms with Crippen LogP contribution in [0.1, 0.15) is 66.0 Å². The van der Waals surface area contributed by atoms with E-state index in [4.69, 9.17) is 15.2 Å². The number of carboxylic acid groups (broad SMARTS) is 1. The summed E-state index contributed by atoms with van der Waals surface area (Å²) in [7, 11) is -4.05. The number of fused-ring (bicyclic) bond motifs is 4. The van der Waals surface area contributed by atoms with Crippen LogP contribution in [0.4, 0.5) is 4.79 Å². The third-order valence-electron chi connectivity index (χ3n) is 9.86. The fraction of sp³-hybridized carbons (Fsp3) is 0.417. The predicted octanol–water partition coefficient (Wildman–Crippen LogP) is 5.03. The molecule has 254 valence electrons. The number of likely N-dealkylation sites (tertiary alicyclic amines) is 1. The van der Waals surface area contributed by atoms with Gasteiger partial charge in [-0.15, -0.1) is 0 Å². The molecule has 1 saturated heterocycles. The van der Waals surface area contributed by atoms with Gasteiger partial charge in [-0.3, -0.25) is 9.89 Å². The monoisotopic (exact) mass is 674 g/mol. The van der Waals surface area contributed by atoms with Crippen LogP contribution in [-0.4, -0.2) is 67.8 Å². The van der Waals surface area contributed by atoms with E-state index in [1.807, 2.05) is 69.3 Å². The third kappa shape index (κ3) is 6.09. The van der Waals surface area contributed by atoms with Crippen LogP contribution in [0, 0.1) is 26.7 Å². The van der Waals surface area contributed by atoms with Crippen molar-refractivity contribution in [2.24, 2.45) is 16.6 Å². The molecule has 0 spiro atoms. The molecular formula is C36H42N4O7S. The van der Waals surface area contributed by atoms with Crippen molar-refractivity contribution in [2.45, 2.75) is 76.3 Å². The van der Waals surface area contributed by atoms with Crippen molar-refractivity contribution >= 4 is 28.0 Å². The lowest BCUT2D eigenvalue weighted by atomic mass is 9.94. The number of nitrogens with two attached hydrogens (primary N) is 1. The highest BCUT2D eigenvalue weighted by Gasteiger charge is 2.41. The fourth-order valence-corrected chi connectivity index (χ4v) is 9.01. The van der Waals surface area contributed by atoms with Crippen molar-refractivity contribution in [1.29, 1.82) is 0 Å². The number of ether oxygens (including phenoxy) is 2. The van der Waals surface area contributed by atoms with Gasteiger partial charge in [-0.1, -0.05) is 48.5 Å². The predicted molar refractivity (Wildman–Crippen MR) is 182 cm³/mol. The van der Waals surface area contributed by atoms with Gasteiger partial charge in [0.15, 0.2) is 0 Å². The SMILES string of the molecule is Cc1c(C)c(S(=O)(=O)NC(N)=NCC[C@H]2C[C@@H](C(=O)O)N(C(=O)OCC3c4ccccc4-c4ccccc43)C2)c(C)c2c1OC(C)(C)C2. The molecule has 1 amide bonds. The molecule has 0 bridgehead atoms. The number of rotatable bonds is 8. The van der Waals surface area contributed by atoms with Crippen LogP contribution in [0.3, 0.4) is 0 Å². The molecule has 4 N–H and O–H groups in total. The molecule has 12 heteroatoms. The Kier molecular flexibility index (Phi) is 8.65. The van der Waals surface area contributed by atoms with Crippen LogP contribution in [0.2, 0.25) is 0 Å². The van der Waals surface area contributed by atoms with Gasteiger partial charge in [0.25, 0.3) is 10.0 Å². The number of benzene rings is 3. The molecule has 2 atom stereocenters. The van der Waals surface area contributed by atoms with E-state index < -0.39 is 33.7 Å². The number of nitrogens with one attached hydrogen (secondary N) is 1. The van der Waals surface area contributed by atoms with Crippen LogP contribution in [0.15, 0.2) is 58.4 Å². The molecule has 3 aliphatic rings. The van der Waals surface area contributed by atoms with Gasteiger partial charge in [0.2, 0.25) is 5.96 Å². The molecule has 1 aliphatic carbocycles. The number of nitrogens with zero attached hydrogens (tertiary/aromatic N) is 2. The average Bonchev–Trinajstić information content (AvgIpc) is 3.70. The topological polar surface area (TPSA) is 161 Å². The van der Waals surface area contributed by atoms with E-state index in [2.05, 4.69) is 9.71 Å². The summed E-state index contributed by atoms with van der Waals surface area (Å²) in [5, 5.41) is 9.91. The highest BCUT2D eigenvalue weighted by Crippen LogP contribution is 2.45. The third-order valence-corrected chi connectivity index (χ3v) is 11.5. The van der Waals surface area contributed by atoms with Gasteiger partial charge >= 0.3 is 12.1 Å². The first-order valence-corrected chi connectivity index (χ1v) is 17.7. The number of sulfonamides is 1. The van der Waals surface area contributed by atoms with E-state index in [1.54, 1.807) is 13.8 Å². The number of carbonyl (C=O) groups is 2. The zero-order chi connectivity index (χ0) is 34.5. The highest BCUT2D eigenvalue weighted by molar-refractivity contribution is 7.90. The van der Waals surface area contributed by atoms with Crippen molar-refractivity contribution in [3.63, 3.8) is 0 Å². The first-order chi connectivity index (χ1) is 22.7. The van der Waals surface area contributed by atoms with Crippen molar-refractivity contribution in [3.8, 4) is 16.9 Å². The molecular weight excluding hydrogens is 632 g/mol. The minimum atomic E-state index is -4.05. The Morgan fingerprint density at radius 3 is 2.29 bits per heavy atom. The molecule has 1 fully saturated rings. The van der Waals surface area contributed by atoms with E-state index in [9.17, 15) is 23.1 Å². The summed E-state index contributed by atoms with van der Waals surface area (Å²) in [6, 6.07) is 15.0. The Morgan fingerprint density at radius 1 is 1.04 bits per heavy atom. The molecule has 48 heavy (non-hydrogen) atoms. The van der Waals surface area contributed by atoms with Gasteiger partial charge in [0.05, 0.1) is 4.90 Å². The molecule has 3 aromatic rings. The normalized spacial score (nSPS) is 19.8. The number of hydrogen-bond donors (Lipinski definition) is 3. The van der Waals surface area contributed by atoms with Crippen LogP contribution < -0.4 is 15.2 Å². The maximum Gasteiger partial charge on any atom is 0.410 e. The summed E-state index contributed by atoms with van der Waals surface area (Å²) in [5.74, 6) is -0.959. The number of carboxylic acids is 1. The van der Waals surface area contributed by atoms with E-state index in [0.29, 0.717) is 24.0 Å². The Morgan fingerprint density at radius 2 is 1.67 bits per heavy atom. The van der Waals surface area contributed by atoms with Gasteiger partial charge < -0.3 is 20.3 Å². The van der Waals surface area contributed by atoms with E-state index in [1.165, 1.54) is 4.90 Å². The van der Waals surface area contributed by atoms with Crippen molar-refractivity contribution in [1.82, 2.24) is 9.62 Å². The summed E-state index contributed by atoms with van der Waals surface area (Å²) in [5.41, 5.74) is 12.8. The lowest BCUT2D eigenvalue weighted by Crippen LogP contribution is -2.41. The number of guanidine groups is 1. The van der Waals surface area contributed by atoms with Gasteiger partial charge in [0.1, 0.15) is 24.0 Å². The number of aliphatic carboxylic acids is 1. The molecule has 11 nitrogen and oxygen atoms in total. The number of hydrogen-bond acceptors (Lipinski definition) is 7. The summed E-state index contributed by atoms with van der Waals surface area (Å²) >= 11 is 0. The molecule has 2 aliphatic heterocycles. The van der Waals surface area contributed by atoms with Crippen LogP contribution in [0.25, 0.3) is 11.1 Å². The summed E-state index contributed by atoms with van der Waals surface area (Å²) in [6.45, 7) is 9.74. The van der Waals surface area contributed by atoms with Crippen LogP contribution in [-0.2, 0) is 26.0 Å². The molecule has 6 rings (SSSR count). The molecule has 0 unspecified atom stereocenters. The number of carbonyl (C=O) groups excluding carboxylic acids is 1. The van der Waals surface area contributed by atoms with E-state index in [0.717, 1.165) is 39.1 Å². The smallest absolute Gasteiger partial charge is 0.410 e. The second kappa shape index (κ2) is 12.5. The minimum Gasteiger partial charge on any atom is -0.487 e. The maximum absolute atomic E-state index is 13.5. The Hall–Kier alpha value is -4.58. The average molecular weight is 675 g/mol. The minimum absolute atomic E-state index is 0.0921. The molecule has 2 heterocycles. The first-order valence-electron chi connectivity index (χ1n) is 16.2. The van der Waals surface area contributed by atoms with Crippen molar-refractivity contribution in [2.75, 3.05) is 19.7 Å². The second-order valence-corrected chi connectivity index (χ2v) is 15.2. The van der Waals surface area contributed by atoms with Crippen LogP contribution >= 0.6 is 0 Å². The van der Waals surface area contributed by atoms with Gasteiger partial charge in [-0.05, 0) is 92.3 Å². The van der Waals surface area contributed by atoms with E-state index in [-0.39, 0.29) is 48.8 Å². The number of amides is 1. The van der Waals surface area contributed by atoms with Crippen molar-refractivity contribution < 1.29 is 32.6 Å². The molecule has 0 radical (unpaired) electrons. The zero-order valence-electron chi connectivity index (χ0n) is 27.9. The first kappa shape index (κ1) is 33.3. The second-order valence-electron chi connectivity index (χ2n) is 13.6. The van der Waals surface area contributed by atoms with Crippen LogP contribution in [0.5, 0.6) is 5.75 Å². The number of aliphatic imine (C=N–C) groups is 1. The zero-order valence-corrected chi connectivity index (χ0v) is 28.7. The van der Waals surface area contributed by atoms with Gasteiger partial charge in [-0.25, -0.2) is 22.7 Å². The summed E-state index contributed by atoms with van der Waals surface area (Å²) in [6.07, 6.45) is 0.549. The lowest BCUT2D eigenvalue weighted by Gasteiger charge is -2.22. The van der Waals surface area contributed by atoms with Crippen molar-refractivity contribution in [3.05, 3.63) is 81.9 Å². The molecule has 3 aromatic carbocycles. The Balaban J connectivity index is 1.08. The summed E-state index contributed by atoms with van der Waals surface area (Å²) in [4.78, 5) is 31.1. The van der Waals surface area contributed by atoms with E-state index >= 15 is 0 Å². The fourth-order valence-electron chi connectivity index (χ4n) is 7.48. The summed E-state index contributed by atoms with van der Waals surface area (Å²) < 4.78 is 41.3. The molecule has 0 saturated carbocycles. The van der Waals surface area contributed by atoms with Gasteiger partial charge in [-0.2, -0.15) is 0 Å². The lowest BCUT2D eigenvalue weighted by molar-refractivity contribution is -0.141. The molecule has 0 aromatic heterocycles. The quantitative estimate of drug-likeness (QED) is 0.222. The van der Waals surface area contributed by atoms with Gasteiger partial charge in [0, 0.05) is 31.0 Å². The largest absolute Gasteiger partial charge is 0.487 e. The Labute approximate surface area is 281 Å². The highest BCUT2D eigenvalue weighted by atomic mass is 32.2. The Bertz CT molecular complexity index is 1890. The standard InChI is InChI=1S/C36H42N4O7S/c1-20-21(2)32(22(3)28-17-36(4,5)47-31(20)28)48(44,45)39-34(37)38-15-14-23-16-30(33(41)42)40(18-23)35(43)46-19-29-26-12-8-6-10-24(26)25-11-7-9-13-27(25)29/h6-13,23,29-30H,14-19H2,1-5H3,(H,41,42)(H3,37,38,39)/t23-,30-/m0/s1. The maximum atomic E-state index is 13.5.